The molecule has 11 heteroatoms. The minimum Gasteiger partial charge on any atom is -0.463 e. The lowest BCUT2D eigenvalue weighted by Gasteiger charge is -2.59. The highest BCUT2D eigenvalue weighted by molar-refractivity contribution is 5.90. The molecular weight excluding hydrogens is 789 g/mol. The van der Waals surface area contributed by atoms with Crippen molar-refractivity contribution in [1.29, 1.82) is 0 Å². The summed E-state index contributed by atoms with van der Waals surface area (Å²) in [4.78, 5) is 56.8. The zero-order valence-corrected chi connectivity index (χ0v) is 38.0. The van der Waals surface area contributed by atoms with Gasteiger partial charge in [-0.2, -0.15) is 0 Å². The number of ether oxygens (including phenoxy) is 5. The van der Waals surface area contributed by atoms with E-state index >= 15 is 0 Å². The SMILES string of the molecule is C=C(C)C(=O)OC1(C)C2CC3CC(C2)CC1C3.C=C(C)C(=O)OC12CC3CC(CC(O)(C3)C1)C2.C=C(C)C(=O)OC1CC2CC1C1CCCC21.C=C(C)C(=O)OC1CCOC1=O. The minimum absolute atomic E-state index is 0.188. The molecule has 0 amide bonds. The molecule has 11 nitrogen and oxygen atoms in total. The number of rotatable bonds is 8. The highest BCUT2D eigenvalue weighted by Crippen LogP contribution is 2.61. The second-order valence-electron chi connectivity index (χ2n) is 21.7. The lowest BCUT2D eigenvalue weighted by molar-refractivity contribution is -0.217. The molecule has 342 valence electrons. The largest absolute Gasteiger partial charge is 0.463 e. The number of aliphatic hydroxyl groups is 1. The first-order valence-electron chi connectivity index (χ1n) is 23.6. The van der Waals surface area contributed by atoms with Crippen molar-refractivity contribution >= 4 is 29.8 Å². The summed E-state index contributed by atoms with van der Waals surface area (Å²) in [6.07, 6.45) is 18.5. The van der Waals surface area contributed by atoms with Gasteiger partial charge in [0, 0.05) is 35.1 Å². The number of hydrogen-bond donors (Lipinski definition) is 1. The number of fused-ring (bicyclic) bond motifs is 5. The van der Waals surface area contributed by atoms with E-state index in [2.05, 4.69) is 38.0 Å². The van der Waals surface area contributed by atoms with Crippen LogP contribution in [0, 0.1) is 59.2 Å². The van der Waals surface area contributed by atoms with Crippen molar-refractivity contribution in [3.05, 3.63) is 48.6 Å². The van der Waals surface area contributed by atoms with Gasteiger partial charge in [-0.15, -0.1) is 0 Å². The number of carbonyl (C=O) groups is 5. The van der Waals surface area contributed by atoms with Gasteiger partial charge in [-0.1, -0.05) is 32.7 Å². The van der Waals surface area contributed by atoms with Crippen LogP contribution in [-0.2, 0) is 47.7 Å². The van der Waals surface area contributed by atoms with Crippen LogP contribution >= 0.6 is 0 Å². The maximum absolute atomic E-state index is 11.8. The van der Waals surface area contributed by atoms with Gasteiger partial charge in [0.15, 0.2) is 0 Å². The topological polar surface area (TPSA) is 152 Å². The van der Waals surface area contributed by atoms with Crippen LogP contribution in [0.2, 0.25) is 0 Å². The van der Waals surface area contributed by atoms with E-state index in [4.69, 9.17) is 18.9 Å². The summed E-state index contributed by atoms with van der Waals surface area (Å²) in [6.45, 7) is 23.5. The Bertz CT molecular complexity index is 1800. The van der Waals surface area contributed by atoms with Gasteiger partial charge in [0.25, 0.3) is 0 Å². The fourth-order valence-corrected chi connectivity index (χ4v) is 14.3. The van der Waals surface area contributed by atoms with Crippen molar-refractivity contribution in [2.45, 2.75) is 173 Å². The highest BCUT2D eigenvalue weighted by atomic mass is 16.6. The maximum atomic E-state index is 11.8. The third-order valence-corrected chi connectivity index (χ3v) is 16.5. The quantitative estimate of drug-likeness (QED) is 0.142. The van der Waals surface area contributed by atoms with Gasteiger partial charge in [-0.05, 0) is 184 Å². The predicted molar refractivity (Wildman–Crippen MR) is 232 cm³/mol. The molecular formula is C51H72O11. The van der Waals surface area contributed by atoms with Crippen LogP contribution in [0.1, 0.15) is 144 Å². The number of hydrogen-bond acceptors (Lipinski definition) is 11. The molecule has 0 aromatic rings. The van der Waals surface area contributed by atoms with E-state index in [9.17, 15) is 29.1 Å². The molecule has 11 aliphatic carbocycles. The Labute approximate surface area is 368 Å². The van der Waals surface area contributed by atoms with Crippen LogP contribution < -0.4 is 0 Å². The van der Waals surface area contributed by atoms with Crippen molar-refractivity contribution in [3.8, 4) is 0 Å². The summed E-state index contributed by atoms with van der Waals surface area (Å²) in [5, 5.41) is 10.5. The van der Waals surface area contributed by atoms with E-state index in [0.717, 1.165) is 61.7 Å². The van der Waals surface area contributed by atoms with E-state index in [-0.39, 0.29) is 35.2 Å². The lowest BCUT2D eigenvalue weighted by Crippen LogP contribution is -2.60. The molecule has 8 unspecified atom stereocenters. The van der Waals surface area contributed by atoms with E-state index in [1.165, 1.54) is 71.1 Å². The van der Waals surface area contributed by atoms with Crippen LogP contribution in [0.15, 0.2) is 48.6 Å². The van der Waals surface area contributed by atoms with Gasteiger partial charge in [-0.25, -0.2) is 24.0 Å². The van der Waals surface area contributed by atoms with Crippen LogP contribution in [0.3, 0.4) is 0 Å². The van der Waals surface area contributed by atoms with Crippen molar-refractivity contribution in [1.82, 2.24) is 0 Å². The molecule has 1 heterocycles. The van der Waals surface area contributed by atoms with Crippen molar-refractivity contribution in [2.24, 2.45) is 59.2 Å². The molecule has 1 aliphatic heterocycles. The number of esters is 5. The Morgan fingerprint density at radius 3 is 1.65 bits per heavy atom. The summed E-state index contributed by atoms with van der Waals surface area (Å²) < 4.78 is 26.5. The standard InChI is InChI=1S/C15H22O2.C14H20O3.C14H20O2.C8H10O4/c1-9(2)14(16)17-15(3)12-5-10-4-11(7-12)8-13(15)6-10;1-9(2)12(15)17-14-6-10-3-11(7-14)5-13(16,4-10)8-14;1-8(2)14(15)16-13-7-9-6-12(13)11-5-3-4-10(9)11;1-5(2)7(9)12-6-3-4-11-8(6)10/h10-13H,1,4-8H2,2-3H3;10-11,16H,1,3-8H2,2H3;9-13H,1,3-7H2,2H3;6H,1,3-4H2,2H3. The Kier molecular flexibility index (Phi) is 13.5. The zero-order chi connectivity index (χ0) is 44.9. The monoisotopic (exact) mass is 861 g/mol. The Hall–Kier alpha value is -3.73. The average molecular weight is 861 g/mol. The summed E-state index contributed by atoms with van der Waals surface area (Å²) in [6, 6.07) is 0. The third kappa shape index (κ3) is 9.83. The molecule has 12 rings (SSSR count). The van der Waals surface area contributed by atoms with Crippen molar-refractivity contribution < 1.29 is 52.8 Å². The van der Waals surface area contributed by atoms with Gasteiger partial charge in [0.2, 0.25) is 6.10 Å². The molecule has 0 aromatic carbocycles. The molecule has 10 bridgehead atoms. The molecule has 8 atom stereocenters. The van der Waals surface area contributed by atoms with Gasteiger partial charge in [-0.3, -0.25) is 0 Å². The Morgan fingerprint density at radius 1 is 0.613 bits per heavy atom. The van der Waals surface area contributed by atoms with Crippen LogP contribution in [-0.4, -0.2) is 70.6 Å². The molecule has 12 fully saturated rings. The number of cyclic esters (lactones) is 1. The van der Waals surface area contributed by atoms with Gasteiger partial charge in [0.1, 0.15) is 17.3 Å². The minimum atomic E-state index is -0.728. The Morgan fingerprint density at radius 2 is 1.13 bits per heavy atom. The summed E-state index contributed by atoms with van der Waals surface area (Å²) in [5.41, 5.74) is 0.630. The molecule has 0 radical (unpaired) electrons. The lowest BCUT2D eigenvalue weighted by atomic mass is 9.50. The van der Waals surface area contributed by atoms with Gasteiger partial charge in [0.05, 0.1) is 12.2 Å². The first kappa shape index (κ1) is 46.3. The second kappa shape index (κ2) is 18.0. The Balaban J connectivity index is 0.000000125. The van der Waals surface area contributed by atoms with Crippen molar-refractivity contribution in [3.63, 3.8) is 0 Å². The van der Waals surface area contributed by atoms with E-state index in [0.29, 0.717) is 65.8 Å². The van der Waals surface area contributed by atoms with E-state index < -0.39 is 29.2 Å². The molecule has 1 N–H and O–H groups in total. The van der Waals surface area contributed by atoms with Crippen LogP contribution in [0.5, 0.6) is 0 Å². The number of carbonyl (C=O) groups excluding carboxylic acids is 5. The molecule has 1 saturated heterocycles. The van der Waals surface area contributed by atoms with E-state index in [1.807, 2.05) is 0 Å². The average Bonchev–Trinajstić information content (AvgIpc) is 3.98. The second-order valence-corrected chi connectivity index (χ2v) is 21.7. The third-order valence-electron chi connectivity index (χ3n) is 16.5. The molecule has 0 aromatic heterocycles. The van der Waals surface area contributed by atoms with Gasteiger partial charge < -0.3 is 28.8 Å². The van der Waals surface area contributed by atoms with Crippen molar-refractivity contribution in [2.75, 3.05) is 6.61 Å². The summed E-state index contributed by atoms with van der Waals surface area (Å²) in [5.74, 6) is 5.75. The fraction of sp³-hybridized carbons (Fsp3) is 0.745. The maximum Gasteiger partial charge on any atom is 0.347 e. The zero-order valence-electron chi connectivity index (χ0n) is 38.0. The summed E-state index contributed by atoms with van der Waals surface area (Å²) >= 11 is 0. The first-order chi connectivity index (χ1) is 29.2. The smallest absolute Gasteiger partial charge is 0.347 e. The normalized spacial score (nSPS) is 41.4. The van der Waals surface area contributed by atoms with Crippen LogP contribution in [0.25, 0.3) is 0 Å². The molecule has 0 spiro atoms. The predicted octanol–water partition coefficient (Wildman–Crippen LogP) is 8.86. The highest BCUT2D eigenvalue weighted by Gasteiger charge is 2.60. The molecule has 11 saturated carbocycles. The molecule has 62 heavy (non-hydrogen) atoms. The fourth-order valence-electron chi connectivity index (χ4n) is 14.3. The summed E-state index contributed by atoms with van der Waals surface area (Å²) in [7, 11) is 0. The van der Waals surface area contributed by atoms with Crippen LogP contribution in [0.4, 0.5) is 0 Å². The molecule has 12 aliphatic rings. The van der Waals surface area contributed by atoms with Gasteiger partial charge >= 0.3 is 29.8 Å². The first-order valence-corrected chi connectivity index (χ1v) is 23.6. The van der Waals surface area contributed by atoms with E-state index in [1.54, 1.807) is 20.8 Å².